The van der Waals surface area contributed by atoms with Crippen molar-refractivity contribution in [3.05, 3.63) is 72.2 Å². The zero-order chi connectivity index (χ0) is 18.4. The number of nitrogens with one attached hydrogen (secondary N) is 2. The highest BCUT2D eigenvalue weighted by molar-refractivity contribution is 6.39. The predicted octanol–water partition coefficient (Wildman–Crippen LogP) is 1.87. The lowest BCUT2D eigenvalue weighted by atomic mass is 10.2. The first-order valence-corrected chi connectivity index (χ1v) is 8.24. The minimum absolute atomic E-state index is 0.334. The number of carbonyl (C=O) groups excluding carboxylic acids is 2. The lowest BCUT2D eigenvalue weighted by Gasteiger charge is -2.11. The molecule has 0 radical (unpaired) electrons. The van der Waals surface area contributed by atoms with Gasteiger partial charge >= 0.3 is 11.8 Å². The zero-order valence-corrected chi connectivity index (χ0v) is 14.3. The molecule has 0 aliphatic heterocycles. The van der Waals surface area contributed by atoms with E-state index >= 15 is 0 Å². The van der Waals surface area contributed by atoms with Crippen molar-refractivity contribution in [3.63, 3.8) is 0 Å². The molecule has 3 rings (SSSR count). The van der Waals surface area contributed by atoms with Gasteiger partial charge in [0.05, 0.1) is 11.9 Å². The first-order valence-electron chi connectivity index (χ1n) is 8.24. The largest absolute Gasteiger partial charge is 0.347 e. The number of hydrogen-bond donors (Lipinski definition) is 2. The Hall–Kier alpha value is -3.48. The van der Waals surface area contributed by atoms with Gasteiger partial charge in [0.1, 0.15) is 5.82 Å². The van der Waals surface area contributed by atoms with Crippen molar-refractivity contribution in [2.24, 2.45) is 0 Å². The Labute approximate surface area is 151 Å². The van der Waals surface area contributed by atoms with Crippen LogP contribution < -0.4 is 10.6 Å². The molecule has 7 nitrogen and oxygen atoms in total. The van der Waals surface area contributed by atoms with E-state index in [0.29, 0.717) is 18.8 Å². The second-order valence-electron chi connectivity index (χ2n) is 5.70. The Bertz CT molecular complexity index is 905. The SMILES string of the molecule is Cc1ccccc1-n1nccc1NC(=O)C(=O)NCCc1ccccn1. The second-order valence-corrected chi connectivity index (χ2v) is 5.70. The van der Waals surface area contributed by atoms with Crippen LogP contribution >= 0.6 is 0 Å². The molecule has 0 saturated heterocycles. The van der Waals surface area contributed by atoms with Gasteiger partial charge in [0, 0.05) is 30.9 Å². The smallest absolute Gasteiger partial charge is 0.314 e. The molecule has 0 fully saturated rings. The molecular weight excluding hydrogens is 330 g/mol. The van der Waals surface area contributed by atoms with Gasteiger partial charge in [0.15, 0.2) is 0 Å². The van der Waals surface area contributed by atoms with Crippen molar-refractivity contribution in [1.82, 2.24) is 20.1 Å². The number of para-hydroxylation sites is 1. The first-order chi connectivity index (χ1) is 12.6. The molecule has 2 amide bonds. The summed E-state index contributed by atoms with van der Waals surface area (Å²) in [6, 6.07) is 14.9. The molecule has 0 unspecified atom stereocenters. The van der Waals surface area contributed by atoms with Crippen molar-refractivity contribution in [3.8, 4) is 5.69 Å². The number of amides is 2. The molecule has 1 aromatic carbocycles. The van der Waals surface area contributed by atoms with Crippen LogP contribution in [0.1, 0.15) is 11.3 Å². The third kappa shape index (κ3) is 4.13. The third-order valence-corrected chi connectivity index (χ3v) is 3.83. The number of hydrogen-bond acceptors (Lipinski definition) is 4. The number of aryl methyl sites for hydroxylation is 1. The normalized spacial score (nSPS) is 10.3. The Kier molecular flexibility index (Phi) is 5.38. The Balaban J connectivity index is 1.59. The van der Waals surface area contributed by atoms with E-state index in [1.165, 1.54) is 0 Å². The molecule has 0 spiro atoms. The average Bonchev–Trinajstić information content (AvgIpc) is 3.10. The fraction of sp³-hybridized carbons (Fsp3) is 0.158. The lowest BCUT2D eigenvalue weighted by Crippen LogP contribution is -2.37. The summed E-state index contributed by atoms with van der Waals surface area (Å²) in [5.74, 6) is -0.996. The number of nitrogens with zero attached hydrogens (tertiary/aromatic N) is 3. The molecule has 3 aromatic rings. The number of benzene rings is 1. The number of aromatic nitrogens is 3. The van der Waals surface area contributed by atoms with Crippen molar-refractivity contribution in [2.45, 2.75) is 13.3 Å². The van der Waals surface area contributed by atoms with Gasteiger partial charge in [-0.1, -0.05) is 24.3 Å². The van der Waals surface area contributed by atoms with E-state index in [1.807, 2.05) is 49.4 Å². The van der Waals surface area contributed by atoms with Crippen molar-refractivity contribution < 1.29 is 9.59 Å². The molecule has 26 heavy (non-hydrogen) atoms. The third-order valence-electron chi connectivity index (χ3n) is 3.83. The number of pyridine rings is 1. The van der Waals surface area contributed by atoms with Gasteiger partial charge in [0.2, 0.25) is 0 Å². The highest BCUT2D eigenvalue weighted by Crippen LogP contribution is 2.18. The van der Waals surface area contributed by atoms with Crippen molar-refractivity contribution in [1.29, 1.82) is 0 Å². The topological polar surface area (TPSA) is 88.9 Å². The maximum absolute atomic E-state index is 12.1. The zero-order valence-electron chi connectivity index (χ0n) is 14.3. The molecule has 132 valence electrons. The maximum Gasteiger partial charge on any atom is 0.314 e. The summed E-state index contributed by atoms with van der Waals surface area (Å²) in [5.41, 5.74) is 2.70. The maximum atomic E-state index is 12.1. The fourth-order valence-electron chi connectivity index (χ4n) is 2.49. The lowest BCUT2D eigenvalue weighted by molar-refractivity contribution is -0.136. The molecule has 0 aliphatic rings. The van der Waals surface area contributed by atoms with Crippen molar-refractivity contribution in [2.75, 3.05) is 11.9 Å². The number of rotatable bonds is 5. The van der Waals surface area contributed by atoms with Crippen LogP contribution in [-0.4, -0.2) is 33.1 Å². The van der Waals surface area contributed by atoms with Crippen LogP contribution in [0.3, 0.4) is 0 Å². The van der Waals surface area contributed by atoms with E-state index in [2.05, 4.69) is 20.7 Å². The molecule has 2 heterocycles. The van der Waals surface area contributed by atoms with Gasteiger partial charge in [-0.15, -0.1) is 0 Å². The minimum Gasteiger partial charge on any atom is -0.347 e. The predicted molar refractivity (Wildman–Crippen MR) is 97.9 cm³/mol. The van der Waals surface area contributed by atoms with E-state index in [-0.39, 0.29) is 0 Å². The van der Waals surface area contributed by atoms with Gasteiger partial charge in [-0.05, 0) is 30.7 Å². The minimum atomic E-state index is -0.735. The van der Waals surface area contributed by atoms with Crippen LogP contribution in [0.2, 0.25) is 0 Å². The summed E-state index contributed by atoms with van der Waals surface area (Å²) >= 11 is 0. The molecule has 0 atom stereocenters. The summed E-state index contributed by atoms with van der Waals surface area (Å²) in [4.78, 5) is 28.3. The van der Waals surface area contributed by atoms with Crippen molar-refractivity contribution >= 4 is 17.6 Å². The summed E-state index contributed by atoms with van der Waals surface area (Å²) < 4.78 is 1.59. The van der Waals surface area contributed by atoms with Crippen LogP contribution in [0.5, 0.6) is 0 Å². The molecule has 7 heteroatoms. The standard InChI is InChI=1S/C19H19N5O2/c1-14-6-2-3-8-16(14)24-17(10-13-22-24)23-19(26)18(25)21-12-9-15-7-4-5-11-20-15/h2-8,10-11,13H,9,12H2,1H3,(H,21,25)(H,23,26). The quantitative estimate of drug-likeness (QED) is 0.688. The van der Waals surface area contributed by atoms with E-state index in [4.69, 9.17) is 0 Å². The summed E-state index contributed by atoms with van der Waals surface area (Å²) in [6.07, 6.45) is 3.82. The van der Waals surface area contributed by atoms with E-state index < -0.39 is 11.8 Å². The van der Waals surface area contributed by atoms with Gasteiger partial charge in [-0.3, -0.25) is 14.6 Å². The number of anilines is 1. The summed E-state index contributed by atoms with van der Waals surface area (Å²) in [7, 11) is 0. The molecule has 0 saturated carbocycles. The van der Waals surface area contributed by atoms with Crippen LogP contribution in [0.4, 0.5) is 5.82 Å². The first kappa shape index (κ1) is 17.3. The highest BCUT2D eigenvalue weighted by atomic mass is 16.2. The summed E-state index contributed by atoms with van der Waals surface area (Å²) in [5, 5.41) is 9.42. The van der Waals surface area contributed by atoms with Crippen LogP contribution in [-0.2, 0) is 16.0 Å². The highest BCUT2D eigenvalue weighted by Gasteiger charge is 2.16. The second kappa shape index (κ2) is 8.06. The molecule has 0 bridgehead atoms. The van der Waals surface area contributed by atoms with Gasteiger partial charge < -0.3 is 10.6 Å². The number of carbonyl (C=O) groups is 2. The summed E-state index contributed by atoms with van der Waals surface area (Å²) in [6.45, 7) is 2.28. The van der Waals surface area contributed by atoms with Gasteiger partial charge in [0.25, 0.3) is 0 Å². The Morgan fingerprint density at radius 3 is 2.58 bits per heavy atom. The Morgan fingerprint density at radius 2 is 1.81 bits per heavy atom. The average molecular weight is 349 g/mol. The molecule has 2 aromatic heterocycles. The van der Waals surface area contributed by atoms with E-state index in [1.54, 1.807) is 23.1 Å². The fourth-order valence-corrected chi connectivity index (χ4v) is 2.49. The van der Waals surface area contributed by atoms with Crippen LogP contribution in [0.25, 0.3) is 5.69 Å². The van der Waals surface area contributed by atoms with Gasteiger partial charge in [-0.25, -0.2) is 4.68 Å². The van der Waals surface area contributed by atoms with E-state index in [9.17, 15) is 9.59 Å². The monoisotopic (exact) mass is 349 g/mol. The van der Waals surface area contributed by atoms with Gasteiger partial charge in [-0.2, -0.15) is 5.10 Å². The van der Waals surface area contributed by atoms with Crippen LogP contribution in [0, 0.1) is 6.92 Å². The van der Waals surface area contributed by atoms with E-state index in [0.717, 1.165) is 16.9 Å². The van der Waals surface area contributed by atoms with Crippen LogP contribution in [0.15, 0.2) is 60.9 Å². The Morgan fingerprint density at radius 1 is 1.00 bits per heavy atom. The molecule has 2 N–H and O–H groups in total. The molecular formula is C19H19N5O2. The molecule has 0 aliphatic carbocycles.